The highest BCUT2D eigenvalue weighted by molar-refractivity contribution is 6.45. The third-order valence-corrected chi connectivity index (χ3v) is 4.02. The van der Waals surface area contributed by atoms with Gasteiger partial charge in [-0.3, -0.25) is 4.79 Å². The zero-order chi connectivity index (χ0) is 12.3. The van der Waals surface area contributed by atoms with E-state index in [9.17, 15) is 9.82 Å². The first-order valence-electron chi connectivity index (χ1n) is 6.85. The zero-order valence-electron chi connectivity index (χ0n) is 10.7. The molecule has 0 aromatic carbocycles. The van der Waals surface area contributed by atoms with Crippen molar-refractivity contribution in [2.24, 2.45) is 0 Å². The lowest BCUT2D eigenvalue weighted by molar-refractivity contribution is -0.134. The number of nitrogens with zero attached hydrogens (tertiary/aromatic N) is 1. The second-order valence-corrected chi connectivity index (χ2v) is 5.57. The number of hydrogen-bond donors (Lipinski definition) is 2. The Balaban J connectivity index is 1.87. The molecule has 2 fully saturated rings. The van der Waals surface area contributed by atoms with Gasteiger partial charge in [-0.2, -0.15) is 0 Å². The van der Waals surface area contributed by atoms with Crippen LogP contribution in [0.4, 0.5) is 0 Å². The highest BCUT2D eigenvalue weighted by Gasteiger charge is 2.40. The number of rotatable bonds is 4. The molecule has 2 aliphatic rings. The number of piperidine rings is 1. The van der Waals surface area contributed by atoms with E-state index in [0.717, 1.165) is 45.2 Å². The highest BCUT2D eigenvalue weighted by atomic mass is 16.2. The van der Waals surface area contributed by atoms with E-state index in [4.69, 9.17) is 0 Å². The predicted molar refractivity (Wildman–Crippen MR) is 68.6 cm³/mol. The van der Waals surface area contributed by atoms with Gasteiger partial charge in [-0.15, -0.1) is 0 Å². The summed E-state index contributed by atoms with van der Waals surface area (Å²) < 4.78 is 0. The van der Waals surface area contributed by atoms with Crippen LogP contribution in [0.3, 0.4) is 0 Å². The number of likely N-dealkylation sites (tertiary alicyclic amines) is 1. The summed E-state index contributed by atoms with van der Waals surface area (Å²) in [6, 6.07) is 0. The van der Waals surface area contributed by atoms with Gasteiger partial charge in [0.1, 0.15) is 0 Å². The van der Waals surface area contributed by atoms with Gasteiger partial charge < -0.3 is 15.2 Å². The topological polar surface area (TPSA) is 52.6 Å². The van der Waals surface area contributed by atoms with Gasteiger partial charge in [-0.05, 0) is 45.3 Å². The van der Waals surface area contributed by atoms with Crippen LogP contribution in [0, 0.1) is 0 Å². The molecule has 0 unspecified atom stereocenters. The van der Waals surface area contributed by atoms with Gasteiger partial charge in [-0.25, -0.2) is 0 Å². The van der Waals surface area contributed by atoms with Crippen LogP contribution in [0.5, 0.6) is 0 Å². The van der Waals surface area contributed by atoms with Gasteiger partial charge in [0, 0.05) is 25.0 Å². The monoisotopic (exact) mass is 238 g/mol. The molecule has 1 saturated carbocycles. The number of hydrogen-bond acceptors (Lipinski definition) is 3. The van der Waals surface area contributed by atoms with E-state index in [1.165, 1.54) is 6.42 Å². The van der Waals surface area contributed by atoms with E-state index in [-0.39, 0.29) is 11.4 Å². The lowest BCUT2D eigenvalue weighted by Gasteiger charge is -2.44. The zero-order valence-corrected chi connectivity index (χ0v) is 10.7. The number of amides is 1. The molecule has 5 heteroatoms. The van der Waals surface area contributed by atoms with Gasteiger partial charge in [0.25, 0.3) is 0 Å². The summed E-state index contributed by atoms with van der Waals surface area (Å²) >= 11 is 0. The molecule has 0 aromatic rings. The molecule has 0 atom stereocenters. The molecule has 17 heavy (non-hydrogen) atoms. The second-order valence-electron chi connectivity index (χ2n) is 5.57. The van der Waals surface area contributed by atoms with Gasteiger partial charge in [0.2, 0.25) is 5.91 Å². The van der Waals surface area contributed by atoms with Crippen molar-refractivity contribution in [1.82, 2.24) is 10.1 Å². The Kier molecular flexibility index (Phi) is 4.10. The van der Waals surface area contributed by atoms with E-state index < -0.39 is 7.05 Å². The molecule has 4 nitrogen and oxygen atoms in total. The number of carbonyl (C=O) groups excluding carboxylic acids is 1. The van der Waals surface area contributed by atoms with E-state index in [1.807, 2.05) is 4.90 Å². The molecular weight excluding hydrogens is 215 g/mol. The molecule has 2 N–H and O–H groups in total. The first-order valence-corrected chi connectivity index (χ1v) is 6.85. The fourth-order valence-electron chi connectivity index (χ4n) is 2.96. The molecule has 1 saturated heterocycles. The predicted octanol–water partition coefficient (Wildman–Crippen LogP) is 1.01. The minimum Gasteiger partial charge on any atom is -0.437 e. The maximum absolute atomic E-state index is 12.2. The lowest BCUT2D eigenvalue weighted by Crippen LogP contribution is -2.58. The third-order valence-electron chi connectivity index (χ3n) is 4.02. The summed E-state index contributed by atoms with van der Waals surface area (Å²) in [6.07, 6.45) is 7.27. The van der Waals surface area contributed by atoms with Crippen molar-refractivity contribution in [3.8, 4) is 0 Å². The summed E-state index contributed by atoms with van der Waals surface area (Å²) in [7, 11) is -0.524. The Hall–Kier alpha value is -0.545. The van der Waals surface area contributed by atoms with Crippen LogP contribution in [0.15, 0.2) is 0 Å². The van der Waals surface area contributed by atoms with E-state index >= 15 is 0 Å². The molecule has 1 heterocycles. The molecule has 0 spiro atoms. The molecule has 96 valence electrons. The van der Waals surface area contributed by atoms with Crippen molar-refractivity contribution in [3.05, 3.63) is 0 Å². The lowest BCUT2D eigenvalue weighted by atomic mass is 9.69. The van der Waals surface area contributed by atoms with Crippen LogP contribution in [-0.2, 0) is 4.79 Å². The summed E-state index contributed by atoms with van der Waals surface area (Å²) in [5, 5.41) is 12.6. The standard InChI is InChI=1S/C12H23BN2O2/c1-13(17)14-12(6-5-7-12)10-11(16)15-8-3-2-4-9-15/h14,17H,2-10H2,1H3. The van der Waals surface area contributed by atoms with Crippen molar-refractivity contribution in [1.29, 1.82) is 0 Å². The van der Waals surface area contributed by atoms with Crippen LogP contribution in [0.2, 0.25) is 6.82 Å². The van der Waals surface area contributed by atoms with Crippen molar-refractivity contribution >= 4 is 13.0 Å². The Morgan fingerprint density at radius 3 is 2.41 bits per heavy atom. The molecule has 1 aliphatic carbocycles. The number of carbonyl (C=O) groups is 1. The molecule has 1 amide bonds. The van der Waals surface area contributed by atoms with E-state index in [1.54, 1.807) is 6.82 Å². The molecule has 0 radical (unpaired) electrons. The molecule has 0 aromatic heterocycles. The minimum absolute atomic E-state index is 0.122. The van der Waals surface area contributed by atoms with Gasteiger partial charge in [-0.1, -0.05) is 0 Å². The van der Waals surface area contributed by atoms with Crippen molar-refractivity contribution in [2.75, 3.05) is 13.1 Å². The fourth-order valence-corrected chi connectivity index (χ4v) is 2.96. The fraction of sp³-hybridized carbons (Fsp3) is 0.917. The molecule has 1 aliphatic heterocycles. The molecular formula is C12H23BN2O2. The Morgan fingerprint density at radius 2 is 1.94 bits per heavy atom. The van der Waals surface area contributed by atoms with Crippen molar-refractivity contribution in [3.63, 3.8) is 0 Å². The first-order chi connectivity index (χ1) is 8.11. The van der Waals surface area contributed by atoms with Crippen LogP contribution in [0.25, 0.3) is 0 Å². The maximum Gasteiger partial charge on any atom is 0.374 e. The van der Waals surface area contributed by atoms with Crippen LogP contribution in [0.1, 0.15) is 44.9 Å². The van der Waals surface area contributed by atoms with Gasteiger partial charge >= 0.3 is 7.05 Å². The smallest absolute Gasteiger partial charge is 0.374 e. The Morgan fingerprint density at radius 1 is 1.29 bits per heavy atom. The first kappa shape index (κ1) is 12.9. The average molecular weight is 238 g/mol. The Labute approximate surface area is 104 Å². The largest absolute Gasteiger partial charge is 0.437 e. The third kappa shape index (κ3) is 3.22. The summed E-state index contributed by atoms with van der Waals surface area (Å²) in [5.74, 6) is 0.262. The summed E-state index contributed by atoms with van der Waals surface area (Å²) in [4.78, 5) is 14.2. The summed E-state index contributed by atoms with van der Waals surface area (Å²) in [6.45, 7) is 3.57. The minimum atomic E-state index is -0.524. The quantitative estimate of drug-likeness (QED) is 0.719. The van der Waals surface area contributed by atoms with Gasteiger partial charge in [0.15, 0.2) is 0 Å². The van der Waals surface area contributed by atoms with E-state index in [0.29, 0.717) is 6.42 Å². The van der Waals surface area contributed by atoms with Crippen LogP contribution < -0.4 is 5.23 Å². The molecule has 2 rings (SSSR count). The molecule has 0 bridgehead atoms. The van der Waals surface area contributed by atoms with E-state index in [2.05, 4.69) is 5.23 Å². The average Bonchev–Trinajstić information content (AvgIpc) is 2.26. The number of nitrogens with one attached hydrogen (secondary N) is 1. The maximum atomic E-state index is 12.2. The van der Waals surface area contributed by atoms with Crippen LogP contribution in [-0.4, -0.2) is 41.5 Å². The Bertz CT molecular complexity index is 274. The summed E-state index contributed by atoms with van der Waals surface area (Å²) in [5.41, 5.74) is -0.122. The second kappa shape index (κ2) is 5.40. The van der Waals surface area contributed by atoms with Crippen molar-refractivity contribution < 1.29 is 9.82 Å². The highest BCUT2D eigenvalue weighted by Crippen LogP contribution is 2.35. The van der Waals surface area contributed by atoms with Crippen molar-refractivity contribution in [2.45, 2.75) is 57.3 Å². The van der Waals surface area contributed by atoms with Crippen LogP contribution >= 0.6 is 0 Å². The SMILES string of the molecule is CB(O)NC1(CC(=O)N2CCCCC2)CCC1. The normalized spacial score (nSPS) is 23.1. The van der Waals surface area contributed by atoms with Gasteiger partial charge in [0.05, 0.1) is 0 Å².